The molecule has 3 N–H and O–H groups in total. The first-order valence-corrected chi connectivity index (χ1v) is 10.2. The quantitative estimate of drug-likeness (QED) is 0.491. The smallest absolute Gasteiger partial charge is 0.435 e. The van der Waals surface area contributed by atoms with E-state index in [4.69, 9.17) is 10.5 Å². The van der Waals surface area contributed by atoms with E-state index >= 15 is 0 Å². The topological polar surface area (TPSA) is 145 Å². The Hall–Kier alpha value is -3.58. The van der Waals surface area contributed by atoms with Crippen molar-refractivity contribution in [3.05, 3.63) is 38.8 Å². The number of aromatic nitrogens is 4. The van der Waals surface area contributed by atoms with Crippen LogP contribution in [0.25, 0.3) is 0 Å². The molecular formula is C19H25F3N6O5. The lowest BCUT2D eigenvalue weighted by molar-refractivity contribution is -0.149. The summed E-state index contributed by atoms with van der Waals surface area (Å²) in [4.78, 5) is 52.4. The maximum atomic E-state index is 12.8. The van der Waals surface area contributed by atoms with Gasteiger partial charge < -0.3 is 15.4 Å². The molecule has 0 aliphatic rings. The molecule has 0 unspecified atom stereocenters. The van der Waals surface area contributed by atoms with Crippen molar-refractivity contribution in [3.8, 4) is 0 Å². The zero-order valence-electron chi connectivity index (χ0n) is 18.1. The van der Waals surface area contributed by atoms with Crippen LogP contribution in [0, 0.1) is 0 Å². The lowest BCUT2D eigenvalue weighted by Gasteiger charge is -2.24. The van der Waals surface area contributed by atoms with Crippen molar-refractivity contribution in [2.45, 2.75) is 52.4 Å². The predicted octanol–water partition coefficient (Wildman–Crippen LogP) is 1.12. The Kier molecular flexibility index (Phi) is 8.43. The molecular weight excluding hydrogens is 449 g/mol. The second kappa shape index (κ2) is 10.8. The molecule has 0 aromatic carbocycles. The van der Waals surface area contributed by atoms with Crippen LogP contribution in [-0.2, 0) is 33.6 Å². The second-order valence-electron chi connectivity index (χ2n) is 7.10. The normalized spacial score (nSPS) is 11.4. The minimum absolute atomic E-state index is 0.0680. The monoisotopic (exact) mass is 474 g/mol. The van der Waals surface area contributed by atoms with Crippen molar-refractivity contribution < 1.29 is 27.5 Å². The van der Waals surface area contributed by atoms with Gasteiger partial charge in [-0.15, -0.1) is 0 Å². The van der Waals surface area contributed by atoms with E-state index in [-0.39, 0.29) is 24.6 Å². The first-order chi connectivity index (χ1) is 15.5. The highest BCUT2D eigenvalue weighted by Crippen LogP contribution is 2.27. The number of nitrogens with two attached hydrogens (primary N) is 1. The van der Waals surface area contributed by atoms with Crippen LogP contribution < -0.4 is 21.9 Å². The number of alkyl halides is 3. The van der Waals surface area contributed by atoms with Crippen LogP contribution >= 0.6 is 0 Å². The van der Waals surface area contributed by atoms with E-state index in [1.165, 1.54) is 0 Å². The minimum Gasteiger partial charge on any atom is -0.454 e. The number of esters is 1. The average Bonchev–Trinajstić information content (AvgIpc) is 3.20. The zero-order chi connectivity index (χ0) is 24.8. The Bertz CT molecular complexity index is 1100. The van der Waals surface area contributed by atoms with Crippen molar-refractivity contribution in [2.24, 2.45) is 0 Å². The predicted molar refractivity (Wildman–Crippen MR) is 111 cm³/mol. The number of nitrogens with zero attached hydrogens (tertiary/aromatic N) is 4. The van der Waals surface area contributed by atoms with Gasteiger partial charge in [-0.3, -0.25) is 28.6 Å². The molecule has 2 heterocycles. The standard InChI is InChI=1S/C19H25F3N6O5/c1-3-5-8-27(15-16(23)28(7-4-2)18(32)24-17(15)31)13(29)11-33-14(30)10-26-9-6-12(25-26)19(20,21)22/h6,9H,3-5,7-8,10-11,23H2,1-2H3,(H,24,31,32). The highest BCUT2D eigenvalue weighted by atomic mass is 19.4. The van der Waals surface area contributed by atoms with E-state index in [0.29, 0.717) is 25.3 Å². The Morgan fingerprint density at radius 2 is 1.94 bits per heavy atom. The fraction of sp³-hybridized carbons (Fsp3) is 0.526. The number of aromatic amines is 1. The number of H-pyrrole nitrogens is 1. The number of anilines is 2. The number of hydrogen-bond donors (Lipinski definition) is 2. The first-order valence-electron chi connectivity index (χ1n) is 10.2. The van der Waals surface area contributed by atoms with E-state index in [0.717, 1.165) is 20.3 Å². The van der Waals surface area contributed by atoms with Crippen molar-refractivity contribution in [3.63, 3.8) is 0 Å². The number of nitrogens with one attached hydrogen (secondary N) is 1. The molecule has 0 saturated heterocycles. The molecule has 0 bridgehead atoms. The third-order valence-corrected chi connectivity index (χ3v) is 4.55. The molecule has 0 fully saturated rings. The molecule has 0 aliphatic heterocycles. The summed E-state index contributed by atoms with van der Waals surface area (Å²) >= 11 is 0. The van der Waals surface area contributed by atoms with Crippen molar-refractivity contribution in [2.75, 3.05) is 23.8 Å². The molecule has 2 aromatic heterocycles. The van der Waals surface area contributed by atoms with Gasteiger partial charge in [0.2, 0.25) is 0 Å². The number of unbranched alkanes of at least 4 members (excludes halogenated alkanes) is 1. The largest absolute Gasteiger partial charge is 0.454 e. The van der Waals surface area contributed by atoms with Gasteiger partial charge in [0.1, 0.15) is 12.4 Å². The van der Waals surface area contributed by atoms with Gasteiger partial charge >= 0.3 is 17.8 Å². The Morgan fingerprint density at radius 1 is 1.24 bits per heavy atom. The summed E-state index contributed by atoms with van der Waals surface area (Å²) in [6.07, 6.45) is -2.02. The molecule has 2 rings (SSSR count). The first kappa shape index (κ1) is 25.7. The van der Waals surface area contributed by atoms with Gasteiger partial charge in [-0.25, -0.2) is 4.79 Å². The maximum Gasteiger partial charge on any atom is 0.435 e. The molecule has 11 nitrogen and oxygen atoms in total. The number of halogens is 3. The van der Waals surface area contributed by atoms with Gasteiger partial charge in [-0.1, -0.05) is 20.3 Å². The summed E-state index contributed by atoms with van der Waals surface area (Å²) in [6.45, 7) is 2.49. The molecule has 33 heavy (non-hydrogen) atoms. The third kappa shape index (κ3) is 6.46. The molecule has 182 valence electrons. The summed E-state index contributed by atoms with van der Waals surface area (Å²) in [7, 11) is 0. The highest BCUT2D eigenvalue weighted by Gasteiger charge is 2.33. The molecule has 2 aromatic rings. The molecule has 1 amide bonds. The summed E-state index contributed by atoms with van der Waals surface area (Å²) in [5.41, 5.74) is 3.03. The van der Waals surface area contributed by atoms with Gasteiger partial charge in [-0.2, -0.15) is 18.3 Å². The van der Waals surface area contributed by atoms with Crippen LogP contribution in [-0.4, -0.2) is 44.4 Å². The number of amides is 1. The van der Waals surface area contributed by atoms with Crippen molar-refractivity contribution >= 4 is 23.4 Å². The lowest BCUT2D eigenvalue weighted by Crippen LogP contribution is -2.43. The molecule has 0 aliphatic carbocycles. The van der Waals surface area contributed by atoms with Crippen LogP contribution in [0.2, 0.25) is 0 Å². The fourth-order valence-corrected chi connectivity index (χ4v) is 2.96. The Labute approximate surface area is 185 Å². The van der Waals surface area contributed by atoms with Crippen molar-refractivity contribution in [1.29, 1.82) is 0 Å². The number of nitrogen functional groups attached to an aromatic ring is 1. The number of hydrogen-bond acceptors (Lipinski definition) is 7. The van der Waals surface area contributed by atoms with Gasteiger partial charge in [-0.05, 0) is 18.9 Å². The lowest BCUT2D eigenvalue weighted by atomic mass is 10.2. The fourth-order valence-electron chi connectivity index (χ4n) is 2.96. The zero-order valence-corrected chi connectivity index (χ0v) is 18.1. The van der Waals surface area contributed by atoms with Gasteiger partial charge in [0, 0.05) is 19.3 Å². The highest BCUT2D eigenvalue weighted by molar-refractivity contribution is 5.97. The Balaban J connectivity index is 2.18. The van der Waals surface area contributed by atoms with Crippen LogP contribution in [0.4, 0.5) is 24.7 Å². The van der Waals surface area contributed by atoms with E-state index in [1.54, 1.807) is 6.92 Å². The van der Waals surface area contributed by atoms with Crippen LogP contribution in [0.1, 0.15) is 38.8 Å². The summed E-state index contributed by atoms with van der Waals surface area (Å²) < 4.78 is 44.6. The van der Waals surface area contributed by atoms with E-state index in [9.17, 15) is 32.3 Å². The second-order valence-corrected chi connectivity index (χ2v) is 7.10. The van der Waals surface area contributed by atoms with E-state index in [1.807, 2.05) is 6.92 Å². The van der Waals surface area contributed by atoms with Crippen LogP contribution in [0.15, 0.2) is 21.9 Å². The molecule has 0 saturated carbocycles. The van der Waals surface area contributed by atoms with Gasteiger partial charge in [0.15, 0.2) is 18.0 Å². The third-order valence-electron chi connectivity index (χ3n) is 4.55. The number of rotatable bonds is 10. The average molecular weight is 474 g/mol. The SMILES string of the molecule is CCCCN(C(=O)COC(=O)Cn1ccc(C(F)(F)F)n1)c1c(N)n(CCC)c(=O)[nH]c1=O. The van der Waals surface area contributed by atoms with E-state index < -0.39 is 48.1 Å². The summed E-state index contributed by atoms with van der Waals surface area (Å²) in [5, 5.41) is 3.23. The summed E-state index contributed by atoms with van der Waals surface area (Å²) in [6, 6.07) is 0.700. The van der Waals surface area contributed by atoms with Crippen LogP contribution in [0.3, 0.4) is 0 Å². The molecule has 0 atom stereocenters. The van der Waals surface area contributed by atoms with Gasteiger partial charge in [0.25, 0.3) is 11.5 Å². The summed E-state index contributed by atoms with van der Waals surface area (Å²) in [5.74, 6) is -1.99. The molecule has 14 heteroatoms. The minimum atomic E-state index is -4.66. The number of carbonyl (C=O) groups excluding carboxylic acids is 2. The molecule has 0 radical (unpaired) electrons. The van der Waals surface area contributed by atoms with Gasteiger partial charge in [0.05, 0.1) is 0 Å². The maximum absolute atomic E-state index is 12.8. The number of carbonyl (C=O) groups is 2. The Morgan fingerprint density at radius 3 is 2.52 bits per heavy atom. The number of ether oxygens (including phenoxy) is 1. The van der Waals surface area contributed by atoms with E-state index in [2.05, 4.69) is 10.1 Å². The molecule has 0 spiro atoms. The van der Waals surface area contributed by atoms with Crippen molar-refractivity contribution in [1.82, 2.24) is 19.3 Å². The van der Waals surface area contributed by atoms with Crippen LogP contribution in [0.5, 0.6) is 0 Å².